The molecule has 1 aromatic rings. The zero-order valence-corrected chi connectivity index (χ0v) is 10.3. The van der Waals surface area contributed by atoms with Crippen molar-refractivity contribution in [3.05, 3.63) is 11.5 Å². The van der Waals surface area contributed by atoms with Crippen LogP contribution in [0.1, 0.15) is 49.0 Å². The van der Waals surface area contributed by atoms with Crippen molar-refractivity contribution in [3.8, 4) is 0 Å². The van der Waals surface area contributed by atoms with Crippen molar-refractivity contribution in [2.24, 2.45) is 0 Å². The van der Waals surface area contributed by atoms with E-state index in [1.165, 1.54) is 7.11 Å². The lowest BCUT2D eigenvalue weighted by atomic mass is 10.1. The van der Waals surface area contributed by atoms with Crippen molar-refractivity contribution < 1.29 is 9.53 Å². The molecule has 0 aliphatic carbocycles. The fourth-order valence-corrected chi connectivity index (χ4v) is 1.92. The summed E-state index contributed by atoms with van der Waals surface area (Å²) in [5, 5.41) is 0. The zero-order valence-electron chi connectivity index (χ0n) is 10.3. The summed E-state index contributed by atoms with van der Waals surface area (Å²) >= 11 is 0. The van der Waals surface area contributed by atoms with E-state index in [1.807, 2.05) is 11.5 Å². The number of methoxy groups -OCH3 is 1. The number of esters is 1. The first-order valence-corrected chi connectivity index (χ1v) is 5.49. The number of nitrogens with two attached hydrogens (primary N) is 1. The number of rotatable bonds is 4. The van der Waals surface area contributed by atoms with Crippen LogP contribution in [0, 0.1) is 6.92 Å². The third kappa shape index (κ3) is 2.03. The van der Waals surface area contributed by atoms with Gasteiger partial charge in [0.15, 0.2) is 5.69 Å². The Morgan fingerprint density at radius 3 is 2.50 bits per heavy atom. The number of carbonyl (C=O) groups is 1. The molecule has 0 spiro atoms. The summed E-state index contributed by atoms with van der Waals surface area (Å²) in [6, 6.07) is 0.283. The maximum Gasteiger partial charge on any atom is 0.360 e. The lowest BCUT2D eigenvalue weighted by Crippen LogP contribution is -2.13. The lowest BCUT2D eigenvalue weighted by Gasteiger charge is -2.17. The third-order valence-electron chi connectivity index (χ3n) is 2.81. The molecule has 5 heteroatoms. The van der Waals surface area contributed by atoms with Crippen molar-refractivity contribution in [1.82, 2.24) is 9.55 Å². The highest BCUT2D eigenvalue weighted by Crippen LogP contribution is 2.25. The largest absolute Gasteiger partial charge is 0.464 e. The number of carbonyl (C=O) groups excluding carboxylic acids is 1. The molecular weight excluding hydrogens is 206 g/mol. The second-order valence-electron chi connectivity index (χ2n) is 3.72. The molecule has 5 nitrogen and oxygen atoms in total. The second kappa shape index (κ2) is 5.01. The summed E-state index contributed by atoms with van der Waals surface area (Å²) in [5.74, 6) is 0.676. The van der Waals surface area contributed by atoms with Crippen LogP contribution in [-0.4, -0.2) is 22.6 Å². The van der Waals surface area contributed by atoms with Gasteiger partial charge in [0.05, 0.1) is 7.11 Å². The molecule has 0 radical (unpaired) electrons. The predicted octanol–water partition coefficient (Wildman–Crippen LogP) is 1.92. The molecule has 0 amide bonds. The normalized spacial score (nSPS) is 10.8. The predicted molar refractivity (Wildman–Crippen MR) is 62.3 cm³/mol. The Balaban J connectivity index is 3.21. The minimum absolute atomic E-state index is 0.215. The standard InChI is InChI=1S/C11H19N3O2/c1-5-8(6-2)14-7(3)13-9(10(14)12)11(15)16-4/h8H,5-6,12H2,1-4H3. The van der Waals surface area contributed by atoms with E-state index in [0.29, 0.717) is 5.82 Å². The molecule has 0 bridgehead atoms. The number of hydrogen-bond acceptors (Lipinski definition) is 4. The van der Waals surface area contributed by atoms with Gasteiger partial charge in [0, 0.05) is 6.04 Å². The van der Waals surface area contributed by atoms with E-state index in [2.05, 4.69) is 23.6 Å². The average molecular weight is 225 g/mol. The van der Waals surface area contributed by atoms with E-state index < -0.39 is 5.97 Å². The molecule has 16 heavy (non-hydrogen) atoms. The van der Waals surface area contributed by atoms with E-state index in [-0.39, 0.29) is 11.7 Å². The molecule has 90 valence electrons. The van der Waals surface area contributed by atoms with Gasteiger partial charge in [0.2, 0.25) is 0 Å². The molecule has 0 aromatic carbocycles. The third-order valence-corrected chi connectivity index (χ3v) is 2.81. The van der Waals surface area contributed by atoms with Crippen LogP contribution in [0.5, 0.6) is 0 Å². The van der Waals surface area contributed by atoms with Gasteiger partial charge < -0.3 is 15.0 Å². The average Bonchev–Trinajstić information content (AvgIpc) is 2.57. The first-order valence-electron chi connectivity index (χ1n) is 5.49. The summed E-state index contributed by atoms with van der Waals surface area (Å²) in [7, 11) is 1.33. The minimum atomic E-state index is -0.481. The van der Waals surface area contributed by atoms with Gasteiger partial charge in [0.25, 0.3) is 0 Å². The van der Waals surface area contributed by atoms with Crippen molar-refractivity contribution in [2.45, 2.75) is 39.7 Å². The summed E-state index contributed by atoms with van der Waals surface area (Å²) < 4.78 is 6.55. The summed E-state index contributed by atoms with van der Waals surface area (Å²) in [4.78, 5) is 15.6. The first kappa shape index (κ1) is 12.5. The van der Waals surface area contributed by atoms with Crippen LogP contribution in [0.2, 0.25) is 0 Å². The summed E-state index contributed by atoms with van der Waals surface area (Å²) in [6.45, 7) is 6.02. The Bertz CT molecular complexity index is 381. The molecule has 0 aliphatic rings. The molecule has 0 atom stereocenters. The topological polar surface area (TPSA) is 70.1 Å². The van der Waals surface area contributed by atoms with Crippen LogP contribution < -0.4 is 5.73 Å². The van der Waals surface area contributed by atoms with Crippen LogP contribution in [-0.2, 0) is 4.74 Å². The van der Waals surface area contributed by atoms with Crippen LogP contribution in [0.4, 0.5) is 5.82 Å². The Morgan fingerprint density at radius 1 is 1.50 bits per heavy atom. The van der Waals surface area contributed by atoms with E-state index in [9.17, 15) is 4.79 Å². The number of ether oxygens (including phenoxy) is 1. The number of hydrogen-bond donors (Lipinski definition) is 1. The molecule has 0 fully saturated rings. The number of nitrogen functional groups attached to an aromatic ring is 1. The van der Waals surface area contributed by atoms with Gasteiger partial charge in [-0.3, -0.25) is 0 Å². The van der Waals surface area contributed by atoms with Gasteiger partial charge in [-0.2, -0.15) is 0 Å². The fraction of sp³-hybridized carbons (Fsp3) is 0.636. The van der Waals surface area contributed by atoms with E-state index >= 15 is 0 Å². The van der Waals surface area contributed by atoms with Gasteiger partial charge >= 0.3 is 5.97 Å². The van der Waals surface area contributed by atoms with Gasteiger partial charge in [-0.1, -0.05) is 13.8 Å². The fourth-order valence-electron chi connectivity index (χ4n) is 1.92. The minimum Gasteiger partial charge on any atom is -0.464 e. The lowest BCUT2D eigenvalue weighted by molar-refractivity contribution is 0.0595. The molecule has 0 saturated heterocycles. The van der Waals surface area contributed by atoms with Gasteiger partial charge in [-0.25, -0.2) is 9.78 Å². The maximum atomic E-state index is 11.4. The van der Waals surface area contributed by atoms with Crippen molar-refractivity contribution in [2.75, 3.05) is 12.8 Å². The van der Waals surface area contributed by atoms with Crippen LogP contribution in [0.3, 0.4) is 0 Å². The second-order valence-corrected chi connectivity index (χ2v) is 3.72. The Morgan fingerprint density at radius 2 is 2.06 bits per heavy atom. The van der Waals surface area contributed by atoms with Crippen LogP contribution >= 0.6 is 0 Å². The van der Waals surface area contributed by atoms with E-state index in [0.717, 1.165) is 18.7 Å². The number of aryl methyl sites for hydroxylation is 1. The monoisotopic (exact) mass is 225 g/mol. The highest BCUT2D eigenvalue weighted by Gasteiger charge is 2.22. The maximum absolute atomic E-state index is 11.4. The molecule has 1 aromatic heterocycles. The van der Waals surface area contributed by atoms with E-state index in [4.69, 9.17) is 5.73 Å². The molecule has 2 N–H and O–H groups in total. The first-order chi connectivity index (χ1) is 7.56. The number of nitrogens with zero attached hydrogens (tertiary/aromatic N) is 2. The van der Waals surface area contributed by atoms with Crippen molar-refractivity contribution in [1.29, 1.82) is 0 Å². The van der Waals surface area contributed by atoms with Crippen molar-refractivity contribution in [3.63, 3.8) is 0 Å². The number of imidazole rings is 1. The summed E-state index contributed by atoms with van der Waals surface area (Å²) in [5.41, 5.74) is 6.15. The van der Waals surface area contributed by atoms with Gasteiger partial charge in [0.1, 0.15) is 11.6 Å². The summed E-state index contributed by atoms with van der Waals surface area (Å²) in [6.07, 6.45) is 1.91. The highest BCUT2D eigenvalue weighted by molar-refractivity contribution is 5.92. The highest BCUT2D eigenvalue weighted by atomic mass is 16.5. The Kier molecular flexibility index (Phi) is 3.93. The molecule has 0 saturated carbocycles. The molecule has 0 aliphatic heterocycles. The van der Waals surface area contributed by atoms with E-state index in [1.54, 1.807) is 0 Å². The van der Waals surface area contributed by atoms with Gasteiger partial charge in [-0.05, 0) is 19.8 Å². The molecule has 0 unspecified atom stereocenters. The molecule has 1 rings (SSSR count). The number of aromatic nitrogens is 2. The number of anilines is 1. The molecule has 1 heterocycles. The SMILES string of the molecule is CCC(CC)n1c(C)nc(C(=O)OC)c1N. The smallest absolute Gasteiger partial charge is 0.360 e. The Labute approximate surface area is 95.6 Å². The van der Waals surface area contributed by atoms with Crippen molar-refractivity contribution >= 4 is 11.8 Å². The quantitative estimate of drug-likeness (QED) is 0.795. The van der Waals surface area contributed by atoms with Crippen LogP contribution in [0.25, 0.3) is 0 Å². The van der Waals surface area contributed by atoms with Gasteiger partial charge in [-0.15, -0.1) is 0 Å². The molecular formula is C11H19N3O2. The zero-order chi connectivity index (χ0) is 12.3. The Hall–Kier alpha value is -1.52. The van der Waals surface area contributed by atoms with Crippen LogP contribution in [0.15, 0.2) is 0 Å².